The van der Waals surface area contributed by atoms with Crippen LogP contribution in [0.5, 0.6) is 0 Å². The maximum atomic E-state index is 2.41. The quantitative estimate of drug-likeness (QED) is 0.148. The van der Waals surface area contributed by atoms with Crippen LogP contribution < -0.4 is 4.90 Å². The van der Waals surface area contributed by atoms with Gasteiger partial charge in [0, 0.05) is 22.5 Å². The highest BCUT2D eigenvalue weighted by atomic mass is 15.1. The predicted octanol–water partition coefficient (Wildman–Crippen LogP) is 17.0. The molecule has 1 aliphatic carbocycles. The zero-order valence-electron chi connectivity index (χ0n) is 35.0. The Bertz CT molecular complexity index is 3230. The summed E-state index contributed by atoms with van der Waals surface area (Å²) < 4.78 is 0. The lowest BCUT2D eigenvalue weighted by molar-refractivity contribution is 0.660. The molecule has 0 amide bonds. The van der Waals surface area contributed by atoms with Gasteiger partial charge in [-0.3, -0.25) is 0 Å². The molecule has 0 heterocycles. The van der Waals surface area contributed by atoms with E-state index in [-0.39, 0.29) is 5.41 Å². The molecule has 1 aliphatic rings. The molecule has 0 spiro atoms. The van der Waals surface area contributed by atoms with Crippen molar-refractivity contribution in [3.8, 4) is 66.8 Å². The maximum Gasteiger partial charge on any atom is 0.0467 e. The Morgan fingerprint density at radius 2 is 0.790 bits per heavy atom. The molecule has 1 heteroatoms. The van der Waals surface area contributed by atoms with Crippen LogP contribution in [-0.2, 0) is 5.41 Å². The molecular weight excluding hydrogens is 747 g/mol. The molecule has 10 aromatic rings. The van der Waals surface area contributed by atoms with Crippen molar-refractivity contribution in [2.75, 3.05) is 4.90 Å². The Morgan fingerprint density at radius 1 is 0.290 bits per heavy atom. The first-order valence-electron chi connectivity index (χ1n) is 21.6. The van der Waals surface area contributed by atoms with Gasteiger partial charge in [-0.2, -0.15) is 0 Å². The fourth-order valence-electron chi connectivity index (χ4n) is 9.77. The first kappa shape index (κ1) is 37.3. The Labute approximate surface area is 364 Å². The predicted molar refractivity (Wildman–Crippen MR) is 263 cm³/mol. The summed E-state index contributed by atoms with van der Waals surface area (Å²) in [5.74, 6) is 0. The third-order valence-electron chi connectivity index (χ3n) is 12.9. The normalized spacial score (nSPS) is 12.5. The highest BCUT2D eigenvalue weighted by molar-refractivity contribution is 5.99. The van der Waals surface area contributed by atoms with E-state index in [1.807, 2.05) is 0 Å². The molecule has 294 valence electrons. The smallest absolute Gasteiger partial charge is 0.0467 e. The maximum absolute atomic E-state index is 2.41. The van der Waals surface area contributed by atoms with E-state index >= 15 is 0 Å². The highest BCUT2D eigenvalue weighted by Gasteiger charge is 2.36. The van der Waals surface area contributed by atoms with Crippen LogP contribution >= 0.6 is 0 Å². The Hall–Kier alpha value is -7.74. The zero-order chi connectivity index (χ0) is 41.6. The number of nitrogens with zero attached hydrogens (tertiary/aromatic N) is 1. The van der Waals surface area contributed by atoms with E-state index in [2.05, 4.69) is 255 Å². The van der Waals surface area contributed by atoms with Gasteiger partial charge < -0.3 is 4.90 Å². The summed E-state index contributed by atoms with van der Waals surface area (Å²) in [4.78, 5) is 2.37. The molecule has 11 rings (SSSR count). The molecule has 0 fully saturated rings. The van der Waals surface area contributed by atoms with Gasteiger partial charge in [-0.05, 0) is 131 Å². The van der Waals surface area contributed by atoms with Crippen molar-refractivity contribution in [3.63, 3.8) is 0 Å². The summed E-state index contributed by atoms with van der Waals surface area (Å²) in [6.45, 7) is 4.72. The Kier molecular flexibility index (Phi) is 9.24. The van der Waals surface area contributed by atoms with Crippen molar-refractivity contribution in [2.24, 2.45) is 0 Å². The van der Waals surface area contributed by atoms with Gasteiger partial charge in [0.25, 0.3) is 0 Å². The molecule has 0 radical (unpaired) electrons. The molecule has 0 N–H and O–H groups in total. The summed E-state index contributed by atoms with van der Waals surface area (Å²) in [7, 11) is 0. The van der Waals surface area contributed by atoms with Crippen LogP contribution in [0.2, 0.25) is 0 Å². The third kappa shape index (κ3) is 6.51. The van der Waals surface area contributed by atoms with E-state index in [1.165, 1.54) is 88.7 Å². The summed E-state index contributed by atoms with van der Waals surface area (Å²) in [6.07, 6.45) is 0. The Balaban J connectivity index is 1.02. The molecular formula is C61H45N. The van der Waals surface area contributed by atoms with E-state index < -0.39 is 0 Å². The van der Waals surface area contributed by atoms with E-state index in [4.69, 9.17) is 0 Å². The van der Waals surface area contributed by atoms with Gasteiger partial charge in [0.1, 0.15) is 0 Å². The zero-order valence-corrected chi connectivity index (χ0v) is 35.0. The molecule has 0 bridgehead atoms. The average Bonchev–Trinajstić information content (AvgIpc) is 3.58. The molecule has 0 aliphatic heterocycles. The lowest BCUT2D eigenvalue weighted by Gasteiger charge is -2.26. The minimum absolute atomic E-state index is 0.0784. The van der Waals surface area contributed by atoms with Gasteiger partial charge >= 0.3 is 0 Å². The van der Waals surface area contributed by atoms with E-state index in [1.54, 1.807) is 0 Å². The van der Waals surface area contributed by atoms with Crippen LogP contribution in [-0.4, -0.2) is 0 Å². The molecule has 0 aromatic heterocycles. The van der Waals surface area contributed by atoms with Crippen LogP contribution in [0.25, 0.3) is 77.5 Å². The highest BCUT2D eigenvalue weighted by Crippen LogP contribution is 2.53. The van der Waals surface area contributed by atoms with Crippen LogP contribution in [0.1, 0.15) is 25.0 Å². The van der Waals surface area contributed by atoms with Gasteiger partial charge in [-0.25, -0.2) is 0 Å². The molecule has 62 heavy (non-hydrogen) atoms. The summed E-state index contributed by atoms with van der Waals surface area (Å²) in [5.41, 5.74) is 20.8. The second-order valence-electron chi connectivity index (χ2n) is 16.9. The number of rotatable bonds is 8. The van der Waals surface area contributed by atoms with Gasteiger partial charge in [-0.1, -0.05) is 208 Å². The van der Waals surface area contributed by atoms with Crippen LogP contribution in [0.4, 0.5) is 17.1 Å². The summed E-state index contributed by atoms with van der Waals surface area (Å²) in [6, 6.07) is 86.5. The topological polar surface area (TPSA) is 3.24 Å². The minimum atomic E-state index is -0.0784. The Morgan fingerprint density at radius 3 is 1.56 bits per heavy atom. The third-order valence-corrected chi connectivity index (χ3v) is 12.9. The van der Waals surface area contributed by atoms with Gasteiger partial charge in [0.05, 0.1) is 0 Å². The standard InChI is InChI=1S/C61H45N/c1-61(2)58-28-12-11-25-56(58)60-55(27-15-29-59(60)61)57-41-48(34-39-54(57)44-18-7-4-8-19-44)43-30-35-49(36-31-43)62(51-23-13-22-47(40-51)42-16-5-3-6-17-42)50-37-32-46(33-38-50)53-26-14-21-45-20-9-10-24-52(45)53/h3-41H,1-2H3. The van der Waals surface area contributed by atoms with Crippen molar-refractivity contribution < 1.29 is 0 Å². The SMILES string of the molecule is CC1(C)c2ccccc2-c2c(-c3cc(-c4ccc(N(c5ccc(-c6cccc7ccccc67)cc5)c5cccc(-c6ccccc6)c5)cc4)ccc3-c3ccccc3)cccc21. The lowest BCUT2D eigenvalue weighted by Crippen LogP contribution is -2.14. The van der Waals surface area contributed by atoms with Gasteiger partial charge in [-0.15, -0.1) is 0 Å². The largest absolute Gasteiger partial charge is 0.310 e. The number of fused-ring (bicyclic) bond motifs is 4. The first-order valence-corrected chi connectivity index (χ1v) is 21.6. The van der Waals surface area contributed by atoms with Gasteiger partial charge in [0.15, 0.2) is 0 Å². The van der Waals surface area contributed by atoms with Gasteiger partial charge in [0.2, 0.25) is 0 Å². The second-order valence-corrected chi connectivity index (χ2v) is 16.9. The van der Waals surface area contributed by atoms with E-state index in [0.717, 1.165) is 17.1 Å². The second kappa shape index (κ2) is 15.4. The summed E-state index contributed by atoms with van der Waals surface area (Å²) in [5, 5.41) is 2.51. The first-order chi connectivity index (χ1) is 30.5. The van der Waals surface area contributed by atoms with Crippen molar-refractivity contribution in [1.29, 1.82) is 0 Å². The molecule has 1 nitrogen and oxygen atoms in total. The fourth-order valence-corrected chi connectivity index (χ4v) is 9.77. The van der Waals surface area contributed by atoms with Crippen molar-refractivity contribution >= 4 is 27.8 Å². The summed E-state index contributed by atoms with van der Waals surface area (Å²) >= 11 is 0. The van der Waals surface area contributed by atoms with Crippen molar-refractivity contribution in [2.45, 2.75) is 19.3 Å². The van der Waals surface area contributed by atoms with Crippen LogP contribution in [0, 0.1) is 0 Å². The molecule has 0 atom stereocenters. The number of anilines is 3. The van der Waals surface area contributed by atoms with Crippen LogP contribution in [0.15, 0.2) is 237 Å². The monoisotopic (exact) mass is 791 g/mol. The minimum Gasteiger partial charge on any atom is -0.310 e. The fraction of sp³-hybridized carbons (Fsp3) is 0.0492. The van der Waals surface area contributed by atoms with E-state index in [0.29, 0.717) is 0 Å². The number of hydrogen-bond acceptors (Lipinski definition) is 1. The average molecular weight is 792 g/mol. The molecule has 10 aromatic carbocycles. The molecule has 0 unspecified atom stereocenters. The van der Waals surface area contributed by atoms with Crippen LogP contribution in [0.3, 0.4) is 0 Å². The van der Waals surface area contributed by atoms with Crippen molar-refractivity contribution in [3.05, 3.63) is 248 Å². The lowest BCUT2D eigenvalue weighted by atomic mass is 9.81. The molecule has 0 saturated carbocycles. The molecule has 0 saturated heterocycles. The number of benzene rings is 10. The number of hydrogen-bond donors (Lipinski definition) is 0. The van der Waals surface area contributed by atoms with E-state index in [9.17, 15) is 0 Å². The van der Waals surface area contributed by atoms with Crippen molar-refractivity contribution in [1.82, 2.24) is 0 Å².